The van der Waals surface area contributed by atoms with Crippen LogP contribution in [0.5, 0.6) is 0 Å². The van der Waals surface area contributed by atoms with Crippen LogP contribution in [0, 0.1) is 0 Å². The lowest BCUT2D eigenvalue weighted by Crippen LogP contribution is -2.23. The molecule has 0 radical (unpaired) electrons. The fourth-order valence-corrected chi connectivity index (χ4v) is 1.84. The summed E-state index contributed by atoms with van der Waals surface area (Å²) in [5, 5.41) is 10.1. The highest BCUT2D eigenvalue weighted by Gasteiger charge is 2.08. The number of fused-ring (bicyclic) bond motifs is 1. The van der Waals surface area contributed by atoms with Gasteiger partial charge < -0.3 is 16.0 Å². The van der Waals surface area contributed by atoms with Gasteiger partial charge in [0.25, 0.3) is 5.91 Å². The zero-order valence-electron chi connectivity index (χ0n) is 9.97. The van der Waals surface area contributed by atoms with E-state index in [1.165, 1.54) is 0 Å². The van der Waals surface area contributed by atoms with E-state index in [1.807, 2.05) is 18.3 Å². The smallest absolute Gasteiger partial charge is 0.251 e. The number of nitrogens with one attached hydrogen (secondary N) is 3. The summed E-state index contributed by atoms with van der Waals surface area (Å²) in [6.45, 7) is 0.256. The van der Waals surface area contributed by atoms with E-state index in [9.17, 15) is 4.79 Å². The number of H-pyrrole nitrogens is 2. The topological polar surface area (TPSA) is 112 Å². The van der Waals surface area contributed by atoms with Gasteiger partial charge >= 0.3 is 0 Å². The van der Waals surface area contributed by atoms with Gasteiger partial charge in [0.2, 0.25) is 5.95 Å². The first-order valence-corrected chi connectivity index (χ1v) is 5.74. The van der Waals surface area contributed by atoms with Gasteiger partial charge in [-0.1, -0.05) is 6.07 Å². The highest BCUT2D eigenvalue weighted by molar-refractivity contribution is 5.97. The third-order valence-corrected chi connectivity index (χ3v) is 2.78. The van der Waals surface area contributed by atoms with E-state index >= 15 is 0 Å². The van der Waals surface area contributed by atoms with Crippen molar-refractivity contribution in [3.8, 4) is 0 Å². The monoisotopic (exact) mass is 256 g/mol. The van der Waals surface area contributed by atoms with Crippen LogP contribution in [0.25, 0.3) is 10.9 Å². The van der Waals surface area contributed by atoms with Crippen molar-refractivity contribution in [1.29, 1.82) is 0 Å². The summed E-state index contributed by atoms with van der Waals surface area (Å²) >= 11 is 0. The molecule has 96 valence electrons. The molecule has 0 saturated heterocycles. The average Bonchev–Trinajstić information content (AvgIpc) is 3.03. The quantitative estimate of drug-likeness (QED) is 0.555. The second-order valence-corrected chi connectivity index (χ2v) is 4.10. The maximum absolute atomic E-state index is 12.0. The van der Waals surface area contributed by atoms with E-state index in [-0.39, 0.29) is 18.4 Å². The molecule has 2 heterocycles. The van der Waals surface area contributed by atoms with Crippen LogP contribution >= 0.6 is 0 Å². The standard InChI is InChI=1S/C12H12N6O/c13-12-16-10(17-18-12)6-15-11(19)8-2-1-7-3-4-14-9(7)5-8/h1-5,14H,6H2,(H,15,19)(H3,13,16,17,18). The Morgan fingerprint density at radius 1 is 1.37 bits per heavy atom. The van der Waals surface area contributed by atoms with Gasteiger partial charge in [-0.15, -0.1) is 5.10 Å². The molecule has 3 rings (SSSR count). The van der Waals surface area contributed by atoms with Crippen LogP contribution < -0.4 is 11.1 Å². The molecule has 0 fully saturated rings. The van der Waals surface area contributed by atoms with Gasteiger partial charge in [-0.3, -0.25) is 9.89 Å². The van der Waals surface area contributed by atoms with Crippen LogP contribution in [0.4, 0.5) is 5.95 Å². The van der Waals surface area contributed by atoms with E-state index in [0.29, 0.717) is 11.4 Å². The minimum Gasteiger partial charge on any atom is -0.367 e. The molecule has 1 aromatic carbocycles. The van der Waals surface area contributed by atoms with Gasteiger partial charge in [0.15, 0.2) is 0 Å². The summed E-state index contributed by atoms with van der Waals surface area (Å²) in [6, 6.07) is 7.43. The second-order valence-electron chi connectivity index (χ2n) is 4.10. The van der Waals surface area contributed by atoms with Crippen molar-refractivity contribution >= 4 is 22.8 Å². The van der Waals surface area contributed by atoms with Crippen LogP contribution in [-0.4, -0.2) is 26.1 Å². The SMILES string of the molecule is Nc1n[nH]c(CNC(=O)c2ccc3cc[nH]c3c2)n1. The van der Waals surface area contributed by atoms with Crippen LogP contribution in [-0.2, 0) is 6.54 Å². The molecular formula is C12H12N6O. The maximum Gasteiger partial charge on any atom is 0.251 e. The number of rotatable bonds is 3. The van der Waals surface area contributed by atoms with Crippen molar-refractivity contribution in [3.63, 3.8) is 0 Å². The number of nitrogens with zero attached hydrogens (tertiary/aromatic N) is 2. The lowest BCUT2D eigenvalue weighted by Gasteiger charge is -2.03. The number of hydrogen-bond donors (Lipinski definition) is 4. The molecule has 7 nitrogen and oxygen atoms in total. The Labute approximate surface area is 108 Å². The fourth-order valence-electron chi connectivity index (χ4n) is 1.84. The molecule has 0 aliphatic carbocycles. The van der Waals surface area contributed by atoms with Gasteiger partial charge in [0, 0.05) is 17.3 Å². The zero-order chi connectivity index (χ0) is 13.2. The molecule has 1 amide bonds. The summed E-state index contributed by atoms with van der Waals surface area (Å²) in [5.41, 5.74) is 6.89. The van der Waals surface area contributed by atoms with E-state index < -0.39 is 0 Å². The number of aromatic amines is 2. The average molecular weight is 256 g/mol. The Morgan fingerprint density at radius 3 is 3.05 bits per heavy atom. The molecule has 2 aromatic heterocycles. The lowest BCUT2D eigenvalue weighted by atomic mass is 10.1. The van der Waals surface area contributed by atoms with Crippen LogP contribution in [0.2, 0.25) is 0 Å². The number of carbonyl (C=O) groups excluding carboxylic acids is 1. The third kappa shape index (κ3) is 2.25. The molecule has 0 saturated carbocycles. The highest BCUT2D eigenvalue weighted by Crippen LogP contribution is 2.14. The number of carbonyl (C=O) groups is 1. The molecule has 0 aliphatic rings. The molecule has 0 aliphatic heterocycles. The Kier molecular flexibility index (Phi) is 2.64. The predicted octanol–water partition coefficient (Wildman–Crippen LogP) is 0.798. The Morgan fingerprint density at radius 2 is 2.26 bits per heavy atom. The normalized spacial score (nSPS) is 10.7. The van der Waals surface area contributed by atoms with E-state index in [1.54, 1.807) is 12.1 Å². The maximum atomic E-state index is 12.0. The number of aromatic nitrogens is 4. The Bertz CT molecular complexity index is 728. The van der Waals surface area contributed by atoms with E-state index in [2.05, 4.69) is 25.5 Å². The molecule has 5 N–H and O–H groups in total. The van der Waals surface area contributed by atoms with Gasteiger partial charge in [-0.25, -0.2) is 0 Å². The summed E-state index contributed by atoms with van der Waals surface area (Å²) < 4.78 is 0. The van der Waals surface area contributed by atoms with Crippen LogP contribution in [0.3, 0.4) is 0 Å². The highest BCUT2D eigenvalue weighted by atomic mass is 16.1. The number of hydrogen-bond acceptors (Lipinski definition) is 4. The largest absolute Gasteiger partial charge is 0.367 e. The van der Waals surface area contributed by atoms with Crippen LogP contribution in [0.1, 0.15) is 16.2 Å². The van der Waals surface area contributed by atoms with Crippen molar-refractivity contribution < 1.29 is 4.79 Å². The minimum atomic E-state index is -0.175. The summed E-state index contributed by atoms with van der Waals surface area (Å²) in [4.78, 5) is 18.9. The molecular weight excluding hydrogens is 244 g/mol. The van der Waals surface area contributed by atoms with E-state index in [4.69, 9.17) is 5.73 Å². The molecule has 0 unspecified atom stereocenters. The van der Waals surface area contributed by atoms with Crippen molar-refractivity contribution in [2.24, 2.45) is 0 Å². The third-order valence-electron chi connectivity index (χ3n) is 2.78. The number of benzene rings is 1. The summed E-state index contributed by atoms with van der Waals surface area (Å²) in [7, 11) is 0. The lowest BCUT2D eigenvalue weighted by molar-refractivity contribution is 0.0950. The molecule has 0 bridgehead atoms. The fraction of sp³-hybridized carbons (Fsp3) is 0.0833. The Hall–Kier alpha value is -2.83. The van der Waals surface area contributed by atoms with Crippen molar-refractivity contribution in [2.45, 2.75) is 6.54 Å². The first-order chi connectivity index (χ1) is 9.22. The molecule has 0 atom stereocenters. The van der Waals surface area contributed by atoms with Gasteiger partial charge in [-0.05, 0) is 23.6 Å². The molecule has 3 aromatic rings. The summed E-state index contributed by atoms with van der Waals surface area (Å²) in [5.74, 6) is 0.510. The number of amides is 1. The molecule has 0 spiro atoms. The van der Waals surface area contributed by atoms with Crippen LogP contribution in [0.15, 0.2) is 30.5 Å². The predicted molar refractivity (Wildman–Crippen MR) is 70.3 cm³/mol. The zero-order valence-corrected chi connectivity index (χ0v) is 9.97. The second kappa shape index (κ2) is 4.45. The minimum absolute atomic E-state index is 0.164. The van der Waals surface area contributed by atoms with Gasteiger partial charge in [0.1, 0.15) is 5.82 Å². The van der Waals surface area contributed by atoms with E-state index in [0.717, 1.165) is 10.9 Å². The summed E-state index contributed by atoms with van der Waals surface area (Å²) in [6.07, 6.45) is 1.84. The number of nitrogen functional groups attached to an aromatic ring is 1. The first kappa shape index (κ1) is 11.3. The molecule has 19 heavy (non-hydrogen) atoms. The van der Waals surface area contributed by atoms with Crippen molar-refractivity contribution in [2.75, 3.05) is 5.73 Å². The van der Waals surface area contributed by atoms with Gasteiger partial charge in [0.05, 0.1) is 6.54 Å². The Balaban J connectivity index is 1.72. The molecule has 7 heteroatoms. The van der Waals surface area contributed by atoms with Crippen molar-refractivity contribution in [3.05, 3.63) is 41.9 Å². The van der Waals surface area contributed by atoms with Crippen molar-refractivity contribution in [1.82, 2.24) is 25.5 Å². The number of anilines is 1. The number of nitrogens with two attached hydrogens (primary N) is 1. The van der Waals surface area contributed by atoms with Gasteiger partial charge in [-0.2, -0.15) is 4.98 Å². The first-order valence-electron chi connectivity index (χ1n) is 5.74.